The predicted octanol–water partition coefficient (Wildman–Crippen LogP) is 2.60. The van der Waals surface area contributed by atoms with Gasteiger partial charge in [0.25, 0.3) is 11.8 Å². The Morgan fingerprint density at radius 1 is 0.914 bits per heavy atom. The Morgan fingerprint density at radius 3 is 2.17 bits per heavy atom. The highest BCUT2D eigenvalue weighted by atomic mass is 32.2. The molecular formula is C26H33N3O5S. The quantitative estimate of drug-likeness (QED) is 0.657. The molecule has 0 atom stereocenters. The second-order valence-corrected chi connectivity index (χ2v) is 11.3. The SMILES string of the molecule is CNC(=O)c1ccc(OC2CCN(C3CCN(C(=O)c4cccc(S(C)(=O)=O)c4)CC3)CC2)cc1. The van der Waals surface area contributed by atoms with Gasteiger partial charge in [0.05, 0.1) is 4.90 Å². The van der Waals surface area contributed by atoms with Crippen LogP contribution in [0.1, 0.15) is 46.4 Å². The molecular weight excluding hydrogens is 466 g/mol. The van der Waals surface area contributed by atoms with Crippen LogP contribution in [-0.2, 0) is 9.84 Å². The molecule has 0 unspecified atom stereocenters. The largest absolute Gasteiger partial charge is 0.490 e. The van der Waals surface area contributed by atoms with Gasteiger partial charge in [-0.05, 0) is 68.1 Å². The molecule has 2 aromatic rings. The fraction of sp³-hybridized carbons (Fsp3) is 0.462. The molecule has 2 saturated heterocycles. The van der Waals surface area contributed by atoms with Crippen LogP contribution in [0.3, 0.4) is 0 Å². The number of likely N-dealkylation sites (tertiary alicyclic amines) is 2. The van der Waals surface area contributed by atoms with Crippen LogP contribution in [0, 0.1) is 0 Å². The Labute approximate surface area is 207 Å². The van der Waals surface area contributed by atoms with Crippen molar-refractivity contribution in [2.24, 2.45) is 0 Å². The Hall–Kier alpha value is -2.91. The molecule has 2 fully saturated rings. The zero-order valence-electron chi connectivity index (χ0n) is 20.3. The summed E-state index contributed by atoms with van der Waals surface area (Å²) in [6.45, 7) is 3.24. The molecule has 1 N–H and O–H groups in total. The van der Waals surface area contributed by atoms with Gasteiger partial charge in [0, 0.05) is 56.7 Å². The minimum atomic E-state index is -3.35. The van der Waals surface area contributed by atoms with Crippen molar-refractivity contribution in [2.45, 2.75) is 42.7 Å². The number of carbonyl (C=O) groups is 2. The zero-order valence-corrected chi connectivity index (χ0v) is 21.1. The van der Waals surface area contributed by atoms with Gasteiger partial charge in [-0.1, -0.05) is 6.07 Å². The molecule has 0 aliphatic carbocycles. The summed E-state index contributed by atoms with van der Waals surface area (Å²) in [5.74, 6) is 0.561. The van der Waals surface area contributed by atoms with Gasteiger partial charge in [-0.2, -0.15) is 0 Å². The van der Waals surface area contributed by atoms with Crippen LogP contribution in [0.15, 0.2) is 53.4 Å². The first kappa shape index (κ1) is 25.2. The van der Waals surface area contributed by atoms with Gasteiger partial charge in [-0.3, -0.25) is 14.5 Å². The minimum absolute atomic E-state index is 0.108. The van der Waals surface area contributed by atoms with Crippen molar-refractivity contribution in [3.63, 3.8) is 0 Å². The molecule has 2 amide bonds. The van der Waals surface area contributed by atoms with Crippen LogP contribution in [0.25, 0.3) is 0 Å². The van der Waals surface area contributed by atoms with E-state index in [1.165, 1.54) is 12.1 Å². The third-order valence-corrected chi connectivity index (χ3v) is 8.01. The van der Waals surface area contributed by atoms with Gasteiger partial charge < -0.3 is 15.0 Å². The number of ether oxygens (including phenoxy) is 1. The normalized spacial score (nSPS) is 18.3. The second kappa shape index (κ2) is 10.8. The average Bonchev–Trinajstić information content (AvgIpc) is 2.88. The van der Waals surface area contributed by atoms with Crippen molar-refractivity contribution in [3.8, 4) is 5.75 Å². The summed E-state index contributed by atoms with van der Waals surface area (Å²) in [5.41, 5.74) is 1.04. The molecule has 8 nitrogen and oxygen atoms in total. The minimum Gasteiger partial charge on any atom is -0.490 e. The van der Waals surface area contributed by atoms with Crippen molar-refractivity contribution < 1.29 is 22.7 Å². The van der Waals surface area contributed by atoms with Gasteiger partial charge >= 0.3 is 0 Å². The summed E-state index contributed by atoms with van der Waals surface area (Å²) >= 11 is 0. The van der Waals surface area contributed by atoms with E-state index < -0.39 is 9.84 Å². The maximum absolute atomic E-state index is 12.9. The average molecular weight is 500 g/mol. The van der Waals surface area contributed by atoms with Gasteiger partial charge in [0.2, 0.25) is 0 Å². The van der Waals surface area contributed by atoms with Crippen LogP contribution >= 0.6 is 0 Å². The molecule has 0 aromatic heterocycles. The summed E-state index contributed by atoms with van der Waals surface area (Å²) in [7, 11) is -1.73. The fourth-order valence-corrected chi connectivity index (χ4v) is 5.52. The highest BCUT2D eigenvalue weighted by Crippen LogP contribution is 2.25. The van der Waals surface area contributed by atoms with Crippen molar-refractivity contribution in [3.05, 3.63) is 59.7 Å². The van der Waals surface area contributed by atoms with Crippen LogP contribution < -0.4 is 10.1 Å². The van der Waals surface area contributed by atoms with E-state index in [1.54, 1.807) is 31.3 Å². The predicted molar refractivity (Wildman–Crippen MR) is 134 cm³/mol. The summed E-state index contributed by atoms with van der Waals surface area (Å²) in [6, 6.07) is 14.0. The third-order valence-electron chi connectivity index (χ3n) is 6.90. The number of sulfone groups is 1. The molecule has 188 valence electrons. The number of nitrogens with zero attached hydrogens (tertiary/aromatic N) is 2. The van der Waals surface area contributed by atoms with E-state index in [0.717, 1.165) is 50.8 Å². The Kier molecular flexibility index (Phi) is 7.76. The van der Waals surface area contributed by atoms with E-state index in [4.69, 9.17) is 4.74 Å². The summed E-state index contributed by atoms with van der Waals surface area (Å²) in [5, 5.41) is 2.61. The van der Waals surface area contributed by atoms with Gasteiger partial charge in [-0.25, -0.2) is 8.42 Å². The lowest BCUT2D eigenvalue weighted by molar-refractivity contribution is 0.0425. The Bertz CT molecular complexity index is 1150. The maximum atomic E-state index is 12.9. The standard InChI is InChI=1S/C26H33N3O5S/c1-27-25(30)19-6-8-22(9-7-19)34-23-12-16-28(17-13-23)21-10-14-29(15-11-21)26(31)20-4-3-5-24(18-20)35(2,32)33/h3-9,18,21,23H,10-17H2,1-2H3,(H,27,30). The van der Waals surface area contributed by atoms with Crippen LogP contribution in [0.5, 0.6) is 5.75 Å². The first-order chi connectivity index (χ1) is 16.7. The smallest absolute Gasteiger partial charge is 0.253 e. The van der Waals surface area contributed by atoms with E-state index in [9.17, 15) is 18.0 Å². The van der Waals surface area contributed by atoms with Crippen LogP contribution in [-0.4, -0.2) is 81.7 Å². The summed E-state index contributed by atoms with van der Waals surface area (Å²) in [6.07, 6.45) is 5.00. The molecule has 0 saturated carbocycles. The Morgan fingerprint density at radius 2 is 1.57 bits per heavy atom. The van der Waals surface area contributed by atoms with E-state index in [2.05, 4.69) is 10.2 Å². The number of hydrogen-bond acceptors (Lipinski definition) is 6. The van der Waals surface area contributed by atoms with E-state index >= 15 is 0 Å². The maximum Gasteiger partial charge on any atom is 0.253 e. The van der Waals surface area contributed by atoms with Crippen molar-refractivity contribution >= 4 is 21.7 Å². The van der Waals surface area contributed by atoms with Crippen molar-refractivity contribution in [2.75, 3.05) is 39.5 Å². The second-order valence-electron chi connectivity index (χ2n) is 9.28. The lowest BCUT2D eigenvalue weighted by atomic mass is 9.98. The number of nitrogens with one attached hydrogen (secondary N) is 1. The van der Waals surface area contributed by atoms with Crippen LogP contribution in [0.2, 0.25) is 0 Å². The third kappa shape index (κ3) is 6.21. The van der Waals surface area contributed by atoms with Gasteiger partial charge in [0.15, 0.2) is 9.84 Å². The number of benzene rings is 2. The highest BCUT2D eigenvalue weighted by molar-refractivity contribution is 7.90. The highest BCUT2D eigenvalue weighted by Gasteiger charge is 2.30. The molecule has 35 heavy (non-hydrogen) atoms. The fourth-order valence-electron chi connectivity index (χ4n) is 4.86. The summed E-state index contributed by atoms with van der Waals surface area (Å²) in [4.78, 5) is 29.1. The number of rotatable bonds is 6. The molecule has 2 aromatic carbocycles. The number of piperidine rings is 2. The first-order valence-electron chi connectivity index (χ1n) is 12.1. The molecule has 2 heterocycles. The Balaban J connectivity index is 1.24. The number of carbonyl (C=O) groups excluding carboxylic acids is 2. The number of amides is 2. The molecule has 0 bridgehead atoms. The molecule has 2 aliphatic heterocycles. The number of hydrogen-bond donors (Lipinski definition) is 1. The lowest BCUT2D eigenvalue weighted by Crippen LogP contribution is -2.50. The zero-order chi connectivity index (χ0) is 25.0. The van der Waals surface area contributed by atoms with Crippen molar-refractivity contribution in [1.82, 2.24) is 15.1 Å². The van der Waals surface area contributed by atoms with Crippen molar-refractivity contribution in [1.29, 1.82) is 0 Å². The lowest BCUT2D eigenvalue weighted by Gasteiger charge is -2.41. The topological polar surface area (TPSA) is 96.0 Å². The van der Waals surface area contributed by atoms with E-state index in [-0.39, 0.29) is 22.8 Å². The van der Waals surface area contributed by atoms with E-state index in [1.807, 2.05) is 17.0 Å². The molecule has 9 heteroatoms. The molecule has 4 rings (SSSR count). The van der Waals surface area contributed by atoms with Gasteiger partial charge in [0.1, 0.15) is 11.9 Å². The van der Waals surface area contributed by atoms with E-state index in [0.29, 0.717) is 30.3 Å². The molecule has 2 aliphatic rings. The summed E-state index contributed by atoms with van der Waals surface area (Å²) < 4.78 is 29.8. The first-order valence-corrected chi connectivity index (χ1v) is 14.0. The molecule has 0 spiro atoms. The van der Waals surface area contributed by atoms with Gasteiger partial charge in [-0.15, -0.1) is 0 Å². The monoisotopic (exact) mass is 499 g/mol. The molecule has 0 radical (unpaired) electrons. The van der Waals surface area contributed by atoms with Crippen LogP contribution in [0.4, 0.5) is 0 Å².